The average molecular weight is 455 g/mol. The van der Waals surface area contributed by atoms with Crippen LogP contribution in [0, 0.1) is 0 Å². The Kier molecular flexibility index (Phi) is 7.94. The Hall–Kier alpha value is -2.83. The second-order valence-corrected chi connectivity index (χ2v) is 9.81. The van der Waals surface area contributed by atoms with Crippen molar-refractivity contribution in [3.05, 3.63) is 95.6 Å². The Morgan fingerprint density at radius 3 is 1.59 bits per heavy atom. The van der Waals surface area contributed by atoms with E-state index in [1.807, 2.05) is 85.8 Å². The van der Waals surface area contributed by atoms with E-state index in [0.29, 0.717) is 6.42 Å². The van der Waals surface area contributed by atoms with Gasteiger partial charge in [0.15, 0.2) is 9.84 Å². The molecule has 0 radical (unpaired) electrons. The molecule has 6 heteroatoms. The lowest BCUT2D eigenvalue weighted by Gasteiger charge is -2.36. The smallest absolute Gasteiger partial charge is 0.152 e. The second kappa shape index (κ2) is 10.7. The summed E-state index contributed by atoms with van der Waals surface area (Å²) in [7, 11) is 0.0591. The zero-order valence-corrected chi connectivity index (χ0v) is 19.6. The molecule has 0 heterocycles. The number of hydrogen-bond acceptors (Lipinski definition) is 5. The number of sulfone groups is 1. The second-order valence-electron chi connectivity index (χ2n) is 7.50. The van der Waals surface area contributed by atoms with Crippen LogP contribution in [0.3, 0.4) is 0 Å². The van der Waals surface area contributed by atoms with E-state index in [0.717, 1.165) is 28.2 Å². The van der Waals surface area contributed by atoms with Crippen LogP contribution in [0.5, 0.6) is 11.5 Å². The molecule has 170 valence electrons. The van der Waals surface area contributed by atoms with Gasteiger partial charge in [-0.15, -0.1) is 0 Å². The minimum absolute atomic E-state index is 0.0399. The zero-order valence-electron chi connectivity index (χ0n) is 18.8. The van der Waals surface area contributed by atoms with Crippen LogP contribution >= 0.6 is 0 Å². The summed E-state index contributed by atoms with van der Waals surface area (Å²) in [6.45, 7) is 1.93. The quantitative estimate of drug-likeness (QED) is 0.388. The van der Waals surface area contributed by atoms with Crippen molar-refractivity contribution in [2.75, 3.05) is 32.3 Å². The van der Waals surface area contributed by atoms with Gasteiger partial charge in [-0.2, -0.15) is 0 Å². The van der Waals surface area contributed by atoms with Crippen molar-refractivity contribution in [1.29, 1.82) is 0 Å². The topological polar surface area (TPSA) is 61.8 Å². The first kappa shape index (κ1) is 23.8. The molecule has 3 aromatic rings. The van der Waals surface area contributed by atoms with Crippen LogP contribution in [0.2, 0.25) is 0 Å². The molecule has 5 nitrogen and oxygen atoms in total. The molecule has 0 N–H and O–H groups in total. The standard InChI is InChI=1S/C26H30O5S/c1-4-19-32(27,28)20-18-31-26(21-8-6-5-7-9-21,22-10-14-24(29-2)15-11-22)23-12-16-25(30-3)17-13-23/h5-17H,4,18-20H2,1-3H3. The van der Waals surface area contributed by atoms with E-state index in [-0.39, 0.29) is 18.1 Å². The normalized spacial score (nSPS) is 11.8. The molecule has 32 heavy (non-hydrogen) atoms. The maximum absolute atomic E-state index is 12.4. The molecular weight excluding hydrogens is 424 g/mol. The largest absolute Gasteiger partial charge is 0.497 e. The highest BCUT2D eigenvalue weighted by Gasteiger charge is 2.38. The van der Waals surface area contributed by atoms with Crippen LogP contribution in [0.1, 0.15) is 30.0 Å². The van der Waals surface area contributed by atoms with Crippen molar-refractivity contribution in [3.63, 3.8) is 0 Å². The van der Waals surface area contributed by atoms with Gasteiger partial charge in [-0.05, 0) is 47.4 Å². The van der Waals surface area contributed by atoms with E-state index < -0.39 is 15.4 Å². The number of methoxy groups -OCH3 is 2. The third kappa shape index (κ3) is 5.31. The minimum Gasteiger partial charge on any atom is -0.497 e. The predicted molar refractivity (Wildman–Crippen MR) is 127 cm³/mol. The van der Waals surface area contributed by atoms with Gasteiger partial charge in [0.05, 0.1) is 26.6 Å². The van der Waals surface area contributed by atoms with Gasteiger partial charge in [0.1, 0.15) is 17.1 Å². The predicted octanol–water partition coefficient (Wildman–Crippen LogP) is 4.84. The lowest BCUT2D eigenvalue weighted by Crippen LogP contribution is -2.34. The number of benzene rings is 3. The van der Waals surface area contributed by atoms with Crippen LogP contribution in [-0.2, 0) is 20.2 Å². The van der Waals surface area contributed by atoms with Gasteiger partial charge >= 0.3 is 0 Å². The summed E-state index contributed by atoms with van der Waals surface area (Å²) in [5.41, 5.74) is 1.66. The van der Waals surface area contributed by atoms with Gasteiger partial charge < -0.3 is 14.2 Å². The Bertz CT molecular complexity index is 1030. The van der Waals surface area contributed by atoms with Gasteiger partial charge in [-0.3, -0.25) is 0 Å². The molecule has 0 amide bonds. The molecule has 0 bridgehead atoms. The molecule has 0 aliphatic carbocycles. The van der Waals surface area contributed by atoms with Crippen molar-refractivity contribution in [2.45, 2.75) is 18.9 Å². The molecule has 0 spiro atoms. The summed E-state index contributed by atoms with van der Waals surface area (Å²) >= 11 is 0. The van der Waals surface area contributed by atoms with E-state index in [9.17, 15) is 8.42 Å². The van der Waals surface area contributed by atoms with Gasteiger partial charge in [0, 0.05) is 5.75 Å². The fraction of sp³-hybridized carbons (Fsp3) is 0.308. The third-order valence-corrected chi connectivity index (χ3v) is 7.22. The first-order valence-electron chi connectivity index (χ1n) is 10.6. The Labute approximate surface area is 190 Å². The highest BCUT2D eigenvalue weighted by molar-refractivity contribution is 7.91. The Morgan fingerprint density at radius 1 is 0.688 bits per heavy atom. The number of rotatable bonds is 11. The maximum Gasteiger partial charge on any atom is 0.152 e. The lowest BCUT2D eigenvalue weighted by molar-refractivity contribution is 0.0227. The number of ether oxygens (including phenoxy) is 3. The summed E-state index contributed by atoms with van der Waals surface area (Å²) in [5, 5.41) is 0. The Morgan fingerprint density at radius 2 is 1.16 bits per heavy atom. The SMILES string of the molecule is CCCS(=O)(=O)CCOC(c1ccccc1)(c1ccc(OC)cc1)c1ccc(OC)cc1. The monoisotopic (exact) mass is 454 g/mol. The van der Waals surface area contributed by atoms with Crippen molar-refractivity contribution < 1.29 is 22.6 Å². The average Bonchev–Trinajstić information content (AvgIpc) is 2.83. The highest BCUT2D eigenvalue weighted by atomic mass is 32.2. The van der Waals surface area contributed by atoms with Crippen LogP contribution in [0.15, 0.2) is 78.9 Å². The van der Waals surface area contributed by atoms with Gasteiger partial charge in [0.2, 0.25) is 0 Å². The summed E-state index contributed by atoms with van der Waals surface area (Å²) in [6.07, 6.45) is 0.586. The van der Waals surface area contributed by atoms with Crippen LogP contribution in [0.25, 0.3) is 0 Å². The zero-order chi connectivity index (χ0) is 23.0. The molecule has 3 aromatic carbocycles. The first-order valence-corrected chi connectivity index (χ1v) is 12.5. The van der Waals surface area contributed by atoms with E-state index in [2.05, 4.69) is 0 Å². The van der Waals surface area contributed by atoms with E-state index in [1.54, 1.807) is 14.2 Å². The molecule has 3 rings (SSSR count). The lowest BCUT2D eigenvalue weighted by atomic mass is 9.80. The highest BCUT2D eigenvalue weighted by Crippen LogP contribution is 2.41. The molecule has 0 aliphatic rings. The van der Waals surface area contributed by atoms with E-state index in [1.165, 1.54) is 0 Å². The molecule has 0 atom stereocenters. The molecule has 0 aromatic heterocycles. The fourth-order valence-electron chi connectivity index (χ4n) is 3.81. The van der Waals surface area contributed by atoms with Crippen molar-refractivity contribution in [2.24, 2.45) is 0 Å². The summed E-state index contributed by atoms with van der Waals surface area (Å²) in [6, 6.07) is 25.2. The molecule has 0 fully saturated rings. The number of hydrogen-bond donors (Lipinski definition) is 0. The van der Waals surface area contributed by atoms with Gasteiger partial charge in [-0.25, -0.2) is 8.42 Å². The maximum atomic E-state index is 12.4. The summed E-state index contributed by atoms with van der Waals surface area (Å²) in [5.74, 6) is 1.58. The molecule has 0 saturated heterocycles. The van der Waals surface area contributed by atoms with Crippen molar-refractivity contribution >= 4 is 9.84 Å². The molecule has 0 unspecified atom stereocenters. The first-order chi connectivity index (χ1) is 15.4. The third-order valence-electron chi connectivity index (χ3n) is 5.40. The molecular formula is C26H30O5S. The summed E-state index contributed by atoms with van der Waals surface area (Å²) in [4.78, 5) is 0. The van der Waals surface area contributed by atoms with Crippen molar-refractivity contribution in [3.8, 4) is 11.5 Å². The van der Waals surface area contributed by atoms with E-state index >= 15 is 0 Å². The van der Waals surface area contributed by atoms with Crippen LogP contribution in [0.4, 0.5) is 0 Å². The minimum atomic E-state index is -3.19. The van der Waals surface area contributed by atoms with Gasteiger partial charge in [0.25, 0.3) is 0 Å². The van der Waals surface area contributed by atoms with E-state index in [4.69, 9.17) is 14.2 Å². The summed E-state index contributed by atoms with van der Waals surface area (Å²) < 4.78 is 42.0. The van der Waals surface area contributed by atoms with Crippen LogP contribution in [-0.4, -0.2) is 40.7 Å². The van der Waals surface area contributed by atoms with Crippen LogP contribution < -0.4 is 9.47 Å². The van der Waals surface area contributed by atoms with Gasteiger partial charge in [-0.1, -0.05) is 61.5 Å². The van der Waals surface area contributed by atoms with Crippen molar-refractivity contribution in [1.82, 2.24) is 0 Å². The Balaban J connectivity index is 2.14. The molecule has 0 saturated carbocycles. The molecule has 0 aliphatic heterocycles. The fourth-order valence-corrected chi connectivity index (χ4v) is 4.97.